The van der Waals surface area contributed by atoms with E-state index in [-0.39, 0.29) is 6.29 Å². The number of halogens is 2. The molecular formula is C15H19F2NO. The Morgan fingerprint density at radius 2 is 1.84 bits per heavy atom. The summed E-state index contributed by atoms with van der Waals surface area (Å²) in [5.74, 6) is -0.827. The lowest BCUT2D eigenvalue weighted by atomic mass is 9.92. The number of nitrogens with zero attached hydrogens (tertiary/aromatic N) is 1. The first-order valence-corrected chi connectivity index (χ1v) is 6.84. The van der Waals surface area contributed by atoms with Crippen molar-refractivity contribution in [2.24, 2.45) is 5.92 Å². The SMILES string of the molecule is CCCC1CCN(c2cc(F)c(C=O)c(F)c2)CC1. The number of rotatable bonds is 4. The minimum atomic E-state index is -0.777. The maximum absolute atomic E-state index is 13.6. The van der Waals surface area contributed by atoms with E-state index in [0.29, 0.717) is 5.69 Å². The molecule has 0 bridgehead atoms. The standard InChI is InChI=1S/C15H19F2NO/c1-2-3-11-4-6-18(7-5-11)12-8-14(16)13(10-19)15(17)9-12/h8-11H,2-7H2,1H3. The van der Waals surface area contributed by atoms with Crippen LogP contribution in [0.25, 0.3) is 0 Å². The molecule has 1 aliphatic rings. The molecule has 0 N–H and O–H groups in total. The molecule has 1 aromatic carbocycles. The summed E-state index contributed by atoms with van der Waals surface area (Å²) in [6, 6.07) is 2.51. The van der Waals surface area contributed by atoms with Crippen molar-refractivity contribution in [3.05, 3.63) is 29.3 Å². The second kappa shape index (κ2) is 6.13. The van der Waals surface area contributed by atoms with E-state index in [1.54, 1.807) is 0 Å². The summed E-state index contributed by atoms with van der Waals surface area (Å²) in [6.07, 6.45) is 4.75. The molecule has 1 fully saturated rings. The molecule has 104 valence electrons. The molecular weight excluding hydrogens is 248 g/mol. The number of hydrogen-bond acceptors (Lipinski definition) is 2. The van der Waals surface area contributed by atoms with Gasteiger partial charge in [-0.25, -0.2) is 8.78 Å². The van der Waals surface area contributed by atoms with Gasteiger partial charge in [0.05, 0.1) is 5.56 Å². The van der Waals surface area contributed by atoms with Crippen molar-refractivity contribution < 1.29 is 13.6 Å². The summed E-state index contributed by atoms with van der Waals surface area (Å²) in [5, 5.41) is 0. The summed E-state index contributed by atoms with van der Waals surface area (Å²) in [7, 11) is 0. The molecule has 2 rings (SSSR count). The fourth-order valence-corrected chi connectivity index (χ4v) is 2.75. The highest BCUT2D eigenvalue weighted by Crippen LogP contribution is 2.28. The van der Waals surface area contributed by atoms with Crippen LogP contribution >= 0.6 is 0 Å². The third-order valence-electron chi connectivity index (χ3n) is 3.86. The summed E-state index contributed by atoms with van der Waals surface area (Å²) >= 11 is 0. The molecule has 19 heavy (non-hydrogen) atoms. The second-order valence-electron chi connectivity index (χ2n) is 5.16. The fraction of sp³-hybridized carbons (Fsp3) is 0.533. The maximum atomic E-state index is 13.6. The third-order valence-corrected chi connectivity index (χ3v) is 3.86. The molecule has 0 spiro atoms. The number of benzene rings is 1. The molecule has 0 atom stereocenters. The molecule has 0 amide bonds. The number of aldehydes is 1. The normalized spacial score (nSPS) is 16.7. The Labute approximate surface area is 112 Å². The Hall–Kier alpha value is -1.45. The topological polar surface area (TPSA) is 20.3 Å². The van der Waals surface area contributed by atoms with Crippen molar-refractivity contribution in [1.82, 2.24) is 0 Å². The van der Waals surface area contributed by atoms with Gasteiger partial charge in [0.15, 0.2) is 6.29 Å². The van der Waals surface area contributed by atoms with E-state index in [1.165, 1.54) is 25.0 Å². The van der Waals surface area contributed by atoms with Gasteiger partial charge in [0.25, 0.3) is 0 Å². The first-order chi connectivity index (χ1) is 9.15. The largest absolute Gasteiger partial charge is 0.371 e. The lowest BCUT2D eigenvalue weighted by Gasteiger charge is -2.33. The van der Waals surface area contributed by atoms with E-state index in [2.05, 4.69) is 6.92 Å². The summed E-state index contributed by atoms with van der Waals surface area (Å²) in [5.41, 5.74) is 0.0557. The molecule has 0 aromatic heterocycles. The van der Waals surface area contributed by atoms with Gasteiger partial charge in [-0.05, 0) is 30.9 Å². The van der Waals surface area contributed by atoms with Gasteiger partial charge < -0.3 is 4.90 Å². The molecule has 1 aromatic rings. The maximum Gasteiger partial charge on any atom is 0.155 e. The van der Waals surface area contributed by atoms with Gasteiger partial charge in [-0.1, -0.05) is 19.8 Å². The van der Waals surface area contributed by atoms with Crippen LogP contribution in [0.2, 0.25) is 0 Å². The lowest BCUT2D eigenvalue weighted by molar-refractivity contribution is 0.111. The highest BCUT2D eigenvalue weighted by molar-refractivity contribution is 5.76. The highest BCUT2D eigenvalue weighted by atomic mass is 19.1. The van der Waals surface area contributed by atoms with Crippen molar-refractivity contribution >= 4 is 12.0 Å². The zero-order valence-electron chi connectivity index (χ0n) is 11.2. The zero-order chi connectivity index (χ0) is 13.8. The molecule has 0 aliphatic carbocycles. The fourth-order valence-electron chi connectivity index (χ4n) is 2.75. The number of hydrogen-bond donors (Lipinski definition) is 0. The number of carbonyl (C=O) groups is 1. The van der Waals surface area contributed by atoms with Crippen molar-refractivity contribution in [2.75, 3.05) is 18.0 Å². The number of carbonyl (C=O) groups excluding carboxylic acids is 1. The Kier molecular flexibility index (Phi) is 4.51. The third kappa shape index (κ3) is 3.11. The number of piperidine rings is 1. The van der Waals surface area contributed by atoms with E-state index in [1.807, 2.05) is 4.90 Å². The lowest BCUT2D eigenvalue weighted by Crippen LogP contribution is -2.33. The Balaban J connectivity index is 2.09. The molecule has 1 heterocycles. The van der Waals surface area contributed by atoms with Crippen LogP contribution < -0.4 is 4.90 Å². The monoisotopic (exact) mass is 267 g/mol. The first-order valence-electron chi connectivity index (χ1n) is 6.84. The van der Waals surface area contributed by atoms with E-state index in [4.69, 9.17) is 0 Å². The molecule has 0 radical (unpaired) electrons. The van der Waals surface area contributed by atoms with Gasteiger partial charge >= 0.3 is 0 Å². The van der Waals surface area contributed by atoms with Crippen LogP contribution in [0.3, 0.4) is 0 Å². The first kappa shape index (κ1) is 14.0. The van der Waals surface area contributed by atoms with Gasteiger partial charge in [0, 0.05) is 18.8 Å². The van der Waals surface area contributed by atoms with Crippen LogP contribution in [0, 0.1) is 17.6 Å². The van der Waals surface area contributed by atoms with Gasteiger partial charge in [0.2, 0.25) is 0 Å². The second-order valence-corrected chi connectivity index (χ2v) is 5.16. The van der Waals surface area contributed by atoms with Crippen LogP contribution in [-0.2, 0) is 0 Å². The molecule has 1 saturated heterocycles. The van der Waals surface area contributed by atoms with Gasteiger partial charge in [-0.15, -0.1) is 0 Å². The Morgan fingerprint density at radius 3 is 2.32 bits per heavy atom. The Morgan fingerprint density at radius 1 is 1.26 bits per heavy atom. The number of anilines is 1. The molecule has 2 nitrogen and oxygen atoms in total. The van der Waals surface area contributed by atoms with E-state index < -0.39 is 17.2 Å². The van der Waals surface area contributed by atoms with Crippen LogP contribution in [0.1, 0.15) is 43.0 Å². The molecule has 0 unspecified atom stereocenters. The van der Waals surface area contributed by atoms with Crippen molar-refractivity contribution in [2.45, 2.75) is 32.6 Å². The van der Waals surface area contributed by atoms with E-state index >= 15 is 0 Å². The predicted molar refractivity (Wildman–Crippen MR) is 71.6 cm³/mol. The Bertz CT molecular complexity index is 430. The van der Waals surface area contributed by atoms with Crippen LogP contribution in [0.4, 0.5) is 14.5 Å². The molecule has 4 heteroatoms. The quantitative estimate of drug-likeness (QED) is 0.773. The average Bonchev–Trinajstić information content (AvgIpc) is 2.39. The van der Waals surface area contributed by atoms with Crippen molar-refractivity contribution in [1.29, 1.82) is 0 Å². The smallest absolute Gasteiger partial charge is 0.155 e. The summed E-state index contributed by atoms with van der Waals surface area (Å²) in [4.78, 5) is 12.5. The molecule has 0 saturated carbocycles. The van der Waals surface area contributed by atoms with Crippen molar-refractivity contribution in [3.63, 3.8) is 0 Å². The van der Waals surface area contributed by atoms with Gasteiger partial charge in [-0.2, -0.15) is 0 Å². The molecule has 1 aliphatic heterocycles. The van der Waals surface area contributed by atoms with Gasteiger partial charge in [-0.3, -0.25) is 4.79 Å². The van der Waals surface area contributed by atoms with E-state index in [9.17, 15) is 13.6 Å². The summed E-state index contributed by atoms with van der Waals surface area (Å²) < 4.78 is 27.1. The summed E-state index contributed by atoms with van der Waals surface area (Å²) in [6.45, 7) is 3.82. The minimum absolute atomic E-state index is 0.224. The van der Waals surface area contributed by atoms with E-state index in [0.717, 1.165) is 31.8 Å². The van der Waals surface area contributed by atoms with Crippen LogP contribution in [-0.4, -0.2) is 19.4 Å². The average molecular weight is 267 g/mol. The zero-order valence-corrected chi connectivity index (χ0v) is 11.2. The minimum Gasteiger partial charge on any atom is -0.371 e. The van der Waals surface area contributed by atoms with Gasteiger partial charge in [0.1, 0.15) is 11.6 Å². The highest BCUT2D eigenvalue weighted by Gasteiger charge is 2.20. The van der Waals surface area contributed by atoms with Crippen LogP contribution in [0.15, 0.2) is 12.1 Å². The van der Waals surface area contributed by atoms with Crippen LogP contribution in [0.5, 0.6) is 0 Å². The predicted octanol–water partition coefficient (Wildman–Crippen LogP) is 3.79. The van der Waals surface area contributed by atoms with Crippen molar-refractivity contribution in [3.8, 4) is 0 Å².